The van der Waals surface area contributed by atoms with Crippen molar-refractivity contribution in [2.45, 2.75) is 17.7 Å². The quantitative estimate of drug-likeness (QED) is 0.917. The average Bonchev–Trinajstić information content (AvgIpc) is 2.62. The van der Waals surface area contributed by atoms with Crippen LogP contribution in [0.1, 0.15) is 12.8 Å². The smallest absolute Gasteiger partial charge is 0.307 e. The van der Waals surface area contributed by atoms with Crippen LogP contribution in [-0.4, -0.2) is 41.9 Å². The van der Waals surface area contributed by atoms with Gasteiger partial charge in [-0.3, -0.25) is 9.78 Å². The van der Waals surface area contributed by atoms with E-state index in [4.69, 9.17) is 5.11 Å². The Labute approximate surface area is 140 Å². The molecule has 6 nitrogen and oxygen atoms in total. The number of carbonyl (C=O) groups is 1. The summed E-state index contributed by atoms with van der Waals surface area (Å²) in [5.74, 6) is -1.58. The third kappa shape index (κ3) is 3.32. The number of aliphatic carboxylic acids is 1. The maximum Gasteiger partial charge on any atom is 0.307 e. The molecule has 0 spiro atoms. The van der Waals surface area contributed by atoms with Gasteiger partial charge in [0.1, 0.15) is 0 Å². The van der Waals surface area contributed by atoms with Gasteiger partial charge in [-0.2, -0.15) is 4.31 Å². The van der Waals surface area contributed by atoms with Crippen molar-refractivity contribution in [1.82, 2.24) is 9.29 Å². The van der Waals surface area contributed by atoms with Gasteiger partial charge >= 0.3 is 5.97 Å². The highest BCUT2D eigenvalue weighted by atomic mass is 32.2. The maximum absolute atomic E-state index is 12.7. The largest absolute Gasteiger partial charge is 0.481 e. The van der Waals surface area contributed by atoms with Crippen molar-refractivity contribution < 1.29 is 18.3 Å². The van der Waals surface area contributed by atoms with Crippen molar-refractivity contribution in [1.29, 1.82) is 0 Å². The molecule has 0 radical (unpaired) electrons. The minimum Gasteiger partial charge on any atom is -0.481 e. The number of hydrogen-bond acceptors (Lipinski definition) is 4. The Hall–Kier alpha value is -2.25. The van der Waals surface area contributed by atoms with Crippen LogP contribution in [0.25, 0.3) is 11.1 Å². The first-order valence-electron chi connectivity index (χ1n) is 7.72. The molecule has 126 valence electrons. The predicted octanol–water partition coefficient (Wildman–Crippen LogP) is 2.23. The number of carboxylic acids is 1. The average molecular weight is 346 g/mol. The lowest BCUT2D eigenvalue weighted by Crippen LogP contribution is -2.42. The minimum absolute atomic E-state index is 0.0315. The lowest BCUT2D eigenvalue weighted by Gasteiger charge is -2.29. The van der Waals surface area contributed by atoms with E-state index in [0.717, 1.165) is 11.1 Å². The number of aromatic nitrogens is 1. The van der Waals surface area contributed by atoms with E-state index in [1.54, 1.807) is 36.7 Å². The van der Waals surface area contributed by atoms with E-state index < -0.39 is 21.9 Å². The highest BCUT2D eigenvalue weighted by Gasteiger charge is 2.33. The summed E-state index contributed by atoms with van der Waals surface area (Å²) in [6, 6.07) is 10.3. The van der Waals surface area contributed by atoms with Gasteiger partial charge in [0.15, 0.2) is 0 Å². The van der Waals surface area contributed by atoms with Crippen LogP contribution in [0.2, 0.25) is 0 Å². The molecular formula is C17H18N2O4S. The molecule has 1 N–H and O–H groups in total. The number of piperidine rings is 1. The molecule has 0 amide bonds. The number of pyridine rings is 1. The third-order valence-electron chi connectivity index (χ3n) is 4.24. The summed E-state index contributed by atoms with van der Waals surface area (Å²) >= 11 is 0. The van der Waals surface area contributed by atoms with Crippen LogP contribution in [0, 0.1) is 5.92 Å². The molecule has 1 aliphatic heterocycles. The number of nitrogens with zero attached hydrogens (tertiary/aromatic N) is 2. The van der Waals surface area contributed by atoms with Gasteiger partial charge in [-0.25, -0.2) is 8.42 Å². The summed E-state index contributed by atoms with van der Waals surface area (Å²) < 4.78 is 26.7. The summed E-state index contributed by atoms with van der Waals surface area (Å²) in [6.45, 7) is 0.391. The first-order valence-corrected chi connectivity index (χ1v) is 9.16. The van der Waals surface area contributed by atoms with Crippen LogP contribution >= 0.6 is 0 Å². The van der Waals surface area contributed by atoms with Crippen LogP contribution < -0.4 is 0 Å². The Kier molecular flexibility index (Phi) is 4.64. The second-order valence-electron chi connectivity index (χ2n) is 5.80. The van der Waals surface area contributed by atoms with E-state index in [9.17, 15) is 13.2 Å². The molecule has 1 aliphatic rings. The molecule has 2 heterocycles. The highest BCUT2D eigenvalue weighted by Crippen LogP contribution is 2.26. The maximum atomic E-state index is 12.7. The molecule has 0 aliphatic carbocycles. The predicted molar refractivity (Wildman–Crippen MR) is 88.8 cm³/mol. The normalized spacial score (nSPS) is 19.1. The van der Waals surface area contributed by atoms with Gasteiger partial charge in [0, 0.05) is 25.5 Å². The fourth-order valence-electron chi connectivity index (χ4n) is 2.88. The zero-order chi connectivity index (χ0) is 17.2. The zero-order valence-corrected chi connectivity index (χ0v) is 13.8. The monoisotopic (exact) mass is 346 g/mol. The summed E-state index contributed by atoms with van der Waals surface area (Å²) in [6.07, 6.45) is 4.44. The van der Waals surface area contributed by atoms with Gasteiger partial charge in [0.25, 0.3) is 0 Å². The second-order valence-corrected chi connectivity index (χ2v) is 7.74. The van der Waals surface area contributed by atoms with Crippen molar-refractivity contribution in [3.8, 4) is 11.1 Å². The summed E-state index contributed by atoms with van der Waals surface area (Å²) in [4.78, 5) is 15.3. The van der Waals surface area contributed by atoms with E-state index in [1.165, 1.54) is 4.31 Å². The molecular weight excluding hydrogens is 328 g/mol. The fourth-order valence-corrected chi connectivity index (χ4v) is 4.40. The van der Waals surface area contributed by atoms with E-state index >= 15 is 0 Å². The van der Waals surface area contributed by atoms with Crippen molar-refractivity contribution in [2.24, 2.45) is 5.92 Å². The van der Waals surface area contributed by atoms with Crippen LogP contribution in [0.3, 0.4) is 0 Å². The lowest BCUT2D eigenvalue weighted by atomic mass is 10.0. The number of rotatable bonds is 4. The van der Waals surface area contributed by atoms with Gasteiger partial charge < -0.3 is 5.11 Å². The van der Waals surface area contributed by atoms with E-state index in [2.05, 4.69) is 4.98 Å². The van der Waals surface area contributed by atoms with E-state index in [-0.39, 0.29) is 11.4 Å². The molecule has 1 aromatic carbocycles. The van der Waals surface area contributed by atoms with Gasteiger partial charge in [0.2, 0.25) is 10.0 Å². The van der Waals surface area contributed by atoms with Crippen LogP contribution in [0.4, 0.5) is 0 Å². The number of sulfonamides is 1. The summed E-state index contributed by atoms with van der Waals surface area (Å²) in [7, 11) is -3.67. The third-order valence-corrected chi connectivity index (χ3v) is 6.12. The van der Waals surface area contributed by atoms with E-state index in [0.29, 0.717) is 19.4 Å². The van der Waals surface area contributed by atoms with E-state index in [1.807, 2.05) is 12.1 Å². The van der Waals surface area contributed by atoms with Crippen molar-refractivity contribution in [3.63, 3.8) is 0 Å². The first-order chi connectivity index (χ1) is 11.5. The Morgan fingerprint density at radius 3 is 2.33 bits per heavy atom. The molecule has 1 unspecified atom stereocenters. The summed E-state index contributed by atoms with van der Waals surface area (Å²) in [5, 5.41) is 9.13. The molecule has 1 aromatic heterocycles. The van der Waals surface area contributed by atoms with Gasteiger partial charge in [-0.15, -0.1) is 0 Å². The summed E-state index contributed by atoms with van der Waals surface area (Å²) in [5.41, 5.74) is 1.86. The molecule has 0 saturated carbocycles. The zero-order valence-electron chi connectivity index (χ0n) is 13.0. The van der Waals surface area contributed by atoms with Crippen LogP contribution in [0.15, 0.2) is 53.7 Å². The number of carboxylic acid groups (broad SMARTS) is 1. The van der Waals surface area contributed by atoms with Gasteiger partial charge in [0.05, 0.1) is 10.8 Å². The number of hydrogen-bond donors (Lipinski definition) is 1. The van der Waals surface area contributed by atoms with Crippen LogP contribution in [-0.2, 0) is 14.8 Å². The van der Waals surface area contributed by atoms with Crippen molar-refractivity contribution in [3.05, 3.63) is 48.8 Å². The lowest BCUT2D eigenvalue weighted by molar-refractivity contribution is -0.142. The Bertz CT molecular complexity index is 819. The van der Waals surface area contributed by atoms with Gasteiger partial charge in [-0.1, -0.05) is 12.1 Å². The van der Waals surface area contributed by atoms with Gasteiger partial charge in [-0.05, 0) is 48.2 Å². The fraction of sp³-hybridized carbons (Fsp3) is 0.294. The molecule has 7 heteroatoms. The highest BCUT2D eigenvalue weighted by molar-refractivity contribution is 7.89. The Morgan fingerprint density at radius 2 is 1.71 bits per heavy atom. The minimum atomic E-state index is -3.67. The first kappa shape index (κ1) is 16.6. The molecule has 1 saturated heterocycles. The molecule has 3 rings (SSSR count). The molecule has 0 bridgehead atoms. The standard InChI is InChI=1S/C17H18N2O4S/c20-17(21)15-2-1-11-19(12-15)24(22,23)16-5-3-13(4-6-16)14-7-9-18-10-8-14/h3-10,15H,1-2,11-12H2,(H,20,21). The topological polar surface area (TPSA) is 87.6 Å². The molecule has 1 fully saturated rings. The molecule has 1 atom stereocenters. The molecule has 2 aromatic rings. The second kappa shape index (κ2) is 6.70. The van der Waals surface area contributed by atoms with Crippen molar-refractivity contribution in [2.75, 3.05) is 13.1 Å². The Morgan fingerprint density at radius 1 is 1.08 bits per heavy atom. The molecule has 24 heavy (non-hydrogen) atoms. The number of benzene rings is 1. The van der Waals surface area contributed by atoms with Crippen molar-refractivity contribution >= 4 is 16.0 Å². The Balaban J connectivity index is 1.83. The SMILES string of the molecule is O=C(O)C1CCCN(S(=O)(=O)c2ccc(-c3ccncc3)cc2)C1. The van der Waals surface area contributed by atoms with Crippen LogP contribution in [0.5, 0.6) is 0 Å².